The highest BCUT2D eigenvalue weighted by Crippen LogP contribution is 2.18. The number of hydrogen-bond acceptors (Lipinski definition) is 5. The van der Waals surface area contributed by atoms with E-state index < -0.39 is 5.60 Å². The number of piperidine rings is 1. The maximum absolute atomic E-state index is 12.1. The molecule has 0 aliphatic carbocycles. The normalized spacial score (nSPS) is 18.9. The SMILES string of the molecule is CC(C)(C)OC(=O)N1CCCC(CNCCCn2ccnn2)C1. The third-order valence-corrected chi connectivity index (χ3v) is 3.82. The second-order valence-electron chi connectivity index (χ2n) is 7.16. The summed E-state index contributed by atoms with van der Waals surface area (Å²) in [7, 11) is 0. The highest BCUT2D eigenvalue weighted by molar-refractivity contribution is 5.68. The lowest BCUT2D eigenvalue weighted by Gasteiger charge is -2.34. The lowest BCUT2D eigenvalue weighted by Crippen LogP contribution is -2.45. The summed E-state index contributed by atoms with van der Waals surface area (Å²) in [4.78, 5) is 14.0. The molecule has 1 aliphatic heterocycles. The zero-order valence-electron chi connectivity index (χ0n) is 14.5. The van der Waals surface area contributed by atoms with Gasteiger partial charge < -0.3 is 15.0 Å². The molecule has 2 heterocycles. The smallest absolute Gasteiger partial charge is 0.410 e. The van der Waals surface area contributed by atoms with E-state index in [4.69, 9.17) is 4.74 Å². The summed E-state index contributed by atoms with van der Waals surface area (Å²) in [6.07, 6.45) is 6.61. The van der Waals surface area contributed by atoms with Gasteiger partial charge in [-0.25, -0.2) is 4.79 Å². The van der Waals surface area contributed by atoms with E-state index in [0.29, 0.717) is 5.92 Å². The number of carbonyl (C=O) groups is 1. The average molecular weight is 323 g/mol. The van der Waals surface area contributed by atoms with Crippen molar-refractivity contribution in [2.45, 2.75) is 52.2 Å². The molecule has 1 N–H and O–H groups in total. The molecule has 0 aromatic carbocycles. The fourth-order valence-corrected chi connectivity index (χ4v) is 2.75. The van der Waals surface area contributed by atoms with Crippen molar-refractivity contribution in [2.24, 2.45) is 5.92 Å². The molecule has 0 bridgehead atoms. The first kappa shape index (κ1) is 17.7. The van der Waals surface area contributed by atoms with Crippen molar-refractivity contribution in [3.63, 3.8) is 0 Å². The molecule has 1 amide bonds. The van der Waals surface area contributed by atoms with Crippen LogP contribution in [-0.4, -0.2) is 57.8 Å². The van der Waals surface area contributed by atoms with Crippen molar-refractivity contribution in [1.29, 1.82) is 0 Å². The lowest BCUT2D eigenvalue weighted by molar-refractivity contribution is 0.0166. The molecule has 2 rings (SSSR count). The highest BCUT2D eigenvalue weighted by Gasteiger charge is 2.27. The van der Waals surface area contributed by atoms with Gasteiger partial charge in [0, 0.05) is 25.8 Å². The van der Waals surface area contributed by atoms with Gasteiger partial charge in [0.05, 0.1) is 6.20 Å². The van der Waals surface area contributed by atoms with Gasteiger partial charge in [0.25, 0.3) is 0 Å². The molecule has 1 fully saturated rings. The minimum atomic E-state index is -0.427. The van der Waals surface area contributed by atoms with Gasteiger partial charge in [-0.05, 0) is 59.0 Å². The first-order valence-electron chi connectivity index (χ1n) is 8.47. The Labute approximate surface area is 138 Å². The van der Waals surface area contributed by atoms with Gasteiger partial charge >= 0.3 is 6.09 Å². The second kappa shape index (κ2) is 8.29. The van der Waals surface area contributed by atoms with Crippen LogP contribution in [0.5, 0.6) is 0 Å². The Morgan fingerprint density at radius 3 is 2.96 bits per heavy atom. The number of carbonyl (C=O) groups excluding carboxylic acids is 1. The van der Waals surface area contributed by atoms with Crippen LogP contribution < -0.4 is 5.32 Å². The third kappa shape index (κ3) is 6.56. The molecule has 7 heteroatoms. The van der Waals surface area contributed by atoms with Gasteiger partial charge in [0.1, 0.15) is 5.60 Å². The summed E-state index contributed by atoms with van der Waals surface area (Å²) < 4.78 is 7.30. The Morgan fingerprint density at radius 1 is 1.43 bits per heavy atom. The van der Waals surface area contributed by atoms with Gasteiger partial charge in [-0.15, -0.1) is 5.10 Å². The molecule has 130 valence electrons. The number of rotatable bonds is 6. The van der Waals surface area contributed by atoms with E-state index >= 15 is 0 Å². The Balaban J connectivity index is 1.62. The van der Waals surface area contributed by atoms with E-state index in [0.717, 1.165) is 52.0 Å². The maximum atomic E-state index is 12.1. The van der Waals surface area contributed by atoms with Crippen molar-refractivity contribution in [1.82, 2.24) is 25.2 Å². The topological polar surface area (TPSA) is 72.3 Å². The zero-order chi connectivity index (χ0) is 16.7. The minimum absolute atomic E-state index is 0.187. The van der Waals surface area contributed by atoms with Crippen LogP contribution in [0.4, 0.5) is 4.79 Å². The summed E-state index contributed by atoms with van der Waals surface area (Å²) in [5.41, 5.74) is -0.427. The number of hydrogen-bond donors (Lipinski definition) is 1. The fourth-order valence-electron chi connectivity index (χ4n) is 2.75. The van der Waals surface area contributed by atoms with E-state index in [1.165, 1.54) is 0 Å². The number of nitrogens with one attached hydrogen (secondary N) is 1. The molecular weight excluding hydrogens is 294 g/mol. The van der Waals surface area contributed by atoms with Crippen LogP contribution in [-0.2, 0) is 11.3 Å². The van der Waals surface area contributed by atoms with Gasteiger partial charge in [-0.2, -0.15) is 0 Å². The van der Waals surface area contributed by atoms with Crippen LogP contribution in [0.15, 0.2) is 12.4 Å². The Bertz CT molecular complexity index is 469. The third-order valence-electron chi connectivity index (χ3n) is 3.82. The Hall–Kier alpha value is -1.63. The Morgan fingerprint density at radius 2 is 2.26 bits per heavy atom. The molecular formula is C16H29N5O2. The minimum Gasteiger partial charge on any atom is -0.444 e. The fraction of sp³-hybridized carbons (Fsp3) is 0.812. The van der Waals surface area contributed by atoms with Crippen LogP contribution in [0.3, 0.4) is 0 Å². The molecule has 7 nitrogen and oxygen atoms in total. The van der Waals surface area contributed by atoms with Crippen LogP contribution >= 0.6 is 0 Å². The van der Waals surface area contributed by atoms with Gasteiger partial charge in [0.2, 0.25) is 0 Å². The second-order valence-corrected chi connectivity index (χ2v) is 7.16. The summed E-state index contributed by atoms with van der Waals surface area (Å²) in [6, 6.07) is 0. The van der Waals surface area contributed by atoms with Crippen LogP contribution in [0.1, 0.15) is 40.0 Å². The predicted molar refractivity (Wildman–Crippen MR) is 88.0 cm³/mol. The van der Waals surface area contributed by atoms with E-state index in [1.807, 2.05) is 36.5 Å². The number of aromatic nitrogens is 3. The molecule has 1 aromatic heterocycles. The maximum Gasteiger partial charge on any atom is 0.410 e. The standard InChI is InChI=1S/C16H29N5O2/c1-16(2,3)23-15(22)20-9-4-6-14(13-20)12-17-7-5-10-21-11-8-18-19-21/h8,11,14,17H,4-7,9-10,12-13H2,1-3H3. The Kier molecular flexibility index (Phi) is 6.38. The van der Waals surface area contributed by atoms with Gasteiger partial charge in [-0.1, -0.05) is 5.21 Å². The van der Waals surface area contributed by atoms with Gasteiger partial charge in [-0.3, -0.25) is 4.68 Å². The van der Waals surface area contributed by atoms with Crippen LogP contribution in [0.2, 0.25) is 0 Å². The van der Waals surface area contributed by atoms with Crippen molar-refractivity contribution in [2.75, 3.05) is 26.2 Å². The van der Waals surface area contributed by atoms with E-state index in [-0.39, 0.29) is 6.09 Å². The number of ether oxygens (including phenoxy) is 1. The molecule has 0 saturated carbocycles. The first-order valence-corrected chi connectivity index (χ1v) is 8.47. The first-order chi connectivity index (χ1) is 10.9. The largest absolute Gasteiger partial charge is 0.444 e. The molecule has 0 radical (unpaired) electrons. The summed E-state index contributed by atoms with van der Waals surface area (Å²) in [5.74, 6) is 0.502. The van der Waals surface area contributed by atoms with Crippen molar-refractivity contribution < 1.29 is 9.53 Å². The quantitative estimate of drug-likeness (QED) is 0.810. The van der Waals surface area contributed by atoms with Crippen molar-refractivity contribution in [3.8, 4) is 0 Å². The molecule has 1 saturated heterocycles. The van der Waals surface area contributed by atoms with E-state index in [1.54, 1.807) is 6.20 Å². The number of nitrogens with zero attached hydrogens (tertiary/aromatic N) is 4. The van der Waals surface area contributed by atoms with Gasteiger partial charge in [0.15, 0.2) is 0 Å². The molecule has 1 atom stereocenters. The van der Waals surface area contributed by atoms with Crippen molar-refractivity contribution >= 4 is 6.09 Å². The number of likely N-dealkylation sites (tertiary alicyclic amines) is 1. The number of amides is 1. The summed E-state index contributed by atoms with van der Waals surface area (Å²) in [5, 5.41) is 11.2. The molecule has 1 aliphatic rings. The molecule has 1 aromatic rings. The summed E-state index contributed by atoms with van der Waals surface area (Å²) in [6.45, 7) is 10.1. The van der Waals surface area contributed by atoms with E-state index in [2.05, 4.69) is 15.6 Å². The molecule has 1 unspecified atom stereocenters. The highest BCUT2D eigenvalue weighted by atomic mass is 16.6. The van der Waals surface area contributed by atoms with E-state index in [9.17, 15) is 4.79 Å². The van der Waals surface area contributed by atoms with Crippen LogP contribution in [0, 0.1) is 5.92 Å². The monoisotopic (exact) mass is 323 g/mol. The summed E-state index contributed by atoms with van der Waals surface area (Å²) >= 11 is 0. The van der Waals surface area contributed by atoms with Crippen molar-refractivity contribution in [3.05, 3.63) is 12.4 Å². The zero-order valence-corrected chi connectivity index (χ0v) is 14.5. The molecule has 23 heavy (non-hydrogen) atoms. The van der Waals surface area contributed by atoms with Crippen LogP contribution in [0.25, 0.3) is 0 Å². The average Bonchev–Trinajstić information content (AvgIpc) is 2.99. The lowest BCUT2D eigenvalue weighted by atomic mass is 9.98. The predicted octanol–water partition coefficient (Wildman–Crippen LogP) is 1.90. The number of aryl methyl sites for hydroxylation is 1. The molecule has 0 spiro atoms.